The average molecular weight is 408 g/mol. The molecule has 0 spiro atoms. The first kappa shape index (κ1) is 19.6. The summed E-state index contributed by atoms with van der Waals surface area (Å²) in [5.74, 6) is -0.621. The van der Waals surface area contributed by atoms with Crippen LogP contribution in [0.1, 0.15) is 18.4 Å². The molecule has 0 unspecified atom stereocenters. The third-order valence-electron chi connectivity index (χ3n) is 4.62. The van der Waals surface area contributed by atoms with Gasteiger partial charge < -0.3 is 4.90 Å². The van der Waals surface area contributed by atoms with Crippen LogP contribution in [0.3, 0.4) is 0 Å². The van der Waals surface area contributed by atoms with Crippen LogP contribution in [0.5, 0.6) is 0 Å². The molecule has 0 aromatic heterocycles. The Morgan fingerprint density at radius 2 is 1.63 bits per heavy atom. The van der Waals surface area contributed by atoms with E-state index in [1.807, 2.05) is 12.1 Å². The number of hydrogen-bond acceptors (Lipinski definition) is 3. The fraction of sp³-hybridized carbons (Fsp3) is 0.250. The van der Waals surface area contributed by atoms with Gasteiger partial charge >= 0.3 is 0 Å². The van der Waals surface area contributed by atoms with E-state index < -0.39 is 20.9 Å². The van der Waals surface area contributed by atoms with Crippen molar-refractivity contribution in [3.05, 3.63) is 71.0 Å². The molecule has 0 saturated carbocycles. The van der Waals surface area contributed by atoms with Crippen molar-refractivity contribution in [1.82, 2.24) is 4.90 Å². The van der Waals surface area contributed by atoms with Gasteiger partial charge in [-0.2, -0.15) is 0 Å². The van der Waals surface area contributed by atoms with E-state index in [-0.39, 0.29) is 10.8 Å². The second-order valence-electron chi connectivity index (χ2n) is 6.41. The van der Waals surface area contributed by atoms with Gasteiger partial charge in [0.05, 0.1) is 10.1 Å². The van der Waals surface area contributed by atoms with Gasteiger partial charge in [-0.05, 0) is 60.9 Å². The number of hydrogen-bond donors (Lipinski definition) is 0. The number of rotatable bonds is 4. The zero-order chi connectivity index (χ0) is 19.4. The molecule has 3 rings (SSSR count). The van der Waals surface area contributed by atoms with Gasteiger partial charge in [0.2, 0.25) is 5.91 Å². The number of piperidine rings is 1. The van der Waals surface area contributed by atoms with Gasteiger partial charge in [-0.1, -0.05) is 23.7 Å². The highest BCUT2D eigenvalue weighted by molar-refractivity contribution is 7.92. The standard InChI is InChI=1S/C20H19ClFNO3S/c21-16-4-1-15(2-5-16)3-10-20(24)23-13-11-19(12-14-23)27(25,26)18-8-6-17(22)7-9-18/h1-10,19H,11-14H2/b10-3+. The van der Waals surface area contributed by atoms with Gasteiger partial charge in [0.25, 0.3) is 0 Å². The molecule has 7 heteroatoms. The van der Waals surface area contributed by atoms with Gasteiger partial charge in [0.1, 0.15) is 5.82 Å². The van der Waals surface area contributed by atoms with E-state index in [1.54, 1.807) is 23.1 Å². The highest BCUT2D eigenvalue weighted by atomic mass is 35.5. The molecule has 2 aromatic rings. The van der Waals surface area contributed by atoms with E-state index in [0.29, 0.717) is 31.0 Å². The summed E-state index contributed by atoms with van der Waals surface area (Å²) < 4.78 is 38.3. The molecule has 1 aliphatic heterocycles. The van der Waals surface area contributed by atoms with Crippen molar-refractivity contribution in [3.8, 4) is 0 Å². The van der Waals surface area contributed by atoms with Crippen LogP contribution in [0.15, 0.2) is 59.5 Å². The van der Waals surface area contributed by atoms with E-state index in [4.69, 9.17) is 11.6 Å². The van der Waals surface area contributed by atoms with Crippen LogP contribution < -0.4 is 0 Å². The van der Waals surface area contributed by atoms with E-state index >= 15 is 0 Å². The highest BCUT2D eigenvalue weighted by Gasteiger charge is 2.32. The Kier molecular flexibility index (Phi) is 5.97. The fourth-order valence-corrected chi connectivity index (χ4v) is 4.91. The van der Waals surface area contributed by atoms with Gasteiger partial charge in [-0.15, -0.1) is 0 Å². The van der Waals surface area contributed by atoms with Crippen LogP contribution >= 0.6 is 11.6 Å². The molecule has 4 nitrogen and oxygen atoms in total. The molecule has 27 heavy (non-hydrogen) atoms. The van der Waals surface area contributed by atoms with Crippen LogP contribution in [0.4, 0.5) is 4.39 Å². The smallest absolute Gasteiger partial charge is 0.246 e. The number of amides is 1. The maximum Gasteiger partial charge on any atom is 0.246 e. The van der Waals surface area contributed by atoms with Crippen LogP contribution in [0.25, 0.3) is 6.08 Å². The minimum atomic E-state index is -3.52. The molecule has 0 N–H and O–H groups in total. The van der Waals surface area contributed by atoms with Gasteiger partial charge in [0.15, 0.2) is 9.84 Å². The second kappa shape index (κ2) is 8.23. The SMILES string of the molecule is O=C(/C=C/c1ccc(Cl)cc1)N1CCC(S(=O)(=O)c2ccc(F)cc2)CC1. The minimum absolute atomic E-state index is 0.122. The van der Waals surface area contributed by atoms with Crippen molar-refractivity contribution < 1.29 is 17.6 Å². The molecule has 0 atom stereocenters. The lowest BCUT2D eigenvalue weighted by Gasteiger charge is -2.31. The van der Waals surface area contributed by atoms with Crippen molar-refractivity contribution in [2.75, 3.05) is 13.1 Å². The molecule has 1 saturated heterocycles. The predicted molar refractivity (Wildman–Crippen MR) is 104 cm³/mol. The molecule has 1 aliphatic rings. The zero-order valence-electron chi connectivity index (χ0n) is 14.5. The van der Waals surface area contributed by atoms with Crippen molar-refractivity contribution in [3.63, 3.8) is 0 Å². The minimum Gasteiger partial charge on any atom is -0.339 e. The molecule has 1 amide bonds. The first-order valence-corrected chi connectivity index (χ1v) is 10.5. The Morgan fingerprint density at radius 1 is 1.04 bits per heavy atom. The second-order valence-corrected chi connectivity index (χ2v) is 9.07. The van der Waals surface area contributed by atoms with Gasteiger partial charge in [-0.3, -0.25) is 4.79 Å². The van der Waals surface area contributed by atoms with E-state index in [1.165, 1.54) is 18.2 Å². The summed E-state index contributed by atoms with van der Waals surface area (Å²) >= 11 is 5.83. The molecule has 1 heterocycles. The van der Waals surface area contributed by atoms with E-state index in [0.717, 1.165) is 17.7 Å². The van der Waals surface area contributed by atoms with Crippen molar-refractivity contribution in [2.24, 2.45) is 0 Å². The summed E-state index contributed by atoms with van der Waals surface area (Å²) in [4.78, 5) is 14.1. The summed E-state index contributed by atoms with van der Waals surface area (Å²) in [5.41, 5.74) is 0.863. The Balaban J connectivity index is 1.60. The number of benzene rings is 2. The monoisotopic (exact) mass is 407 g/mol. The maximum absolute atomic E-state index is 13.0. The quantitative estimate of drug-likeness (QED) is 0.569. The number of carbonyl (C=O) groups is 1. The lowest BCUT2D eigenvalue weighted by molar-refractivity contribution is -0.126. The molecular weight excluding hydrogens is 389 g/mol. The number of sulfone groups is 1. The summed E-state index contributed by atoms with van der Waals surface area (Å²) in [5, 5.41) is 0.0650. The van der Waals surface area contributed by atoms with Crippen LogP contribution in [0, 0.1) is 5.82 Å². The van der Waals surface area contributed by atoms with E-state index in [2.05, 4.69) is 0 Å². The summed E-state index contributed by atoms with van der Waals surface area (Å²) in [6.07, 6.45) is 3.92. The fourth-order valence-electron chi connectivity index (χ4n) is 3.05. The maximum atomic E-state index is 13.0. The molecule has 0 aliphatic carbocycles. The Labute approximate surface area is 163 Å². The van der Waals surface area contributed by atoms with Gasteiger partial charge in [0, 0.05) is 24.2 Å². The highest BCUT2D eigenvalue weighted by Crippen LogP contribution is 2.25. The molecule has 1 fully saturated rings. The molecule has 0 radical (unpaired) electrons. The lowest BCUT2D eigenvalue weighted by atomic mass is 10.1. The molecule has 142 valence electrons. The topological polar surface area (TPSA) is 54.5 Å². The number of likely N-dealkylation sites (tertiary alicyclic amines) is 1. The normalized spacial score (nSPS) is 16.0. The largest absolute Gasteiger partial charge is 0.339 e. The van der Waals surface area contributed by atoms with Crippen molar-refractivity contribution in [2.45, 2.75) is 23.0 Å². The summed E-state index contributed by atoms with van der Waals surface area (Å²) in [6, 6.07) is 12.0. The average Bonchev–Trinajstić information content (AvgIpc) is 2.68. The van der Waals surface area contributed by atoms with Crippen molar-refractivity contribution in [1.29, 1.82) is 0 Å². The predicted octanol–water partition coefficient (Wildman–Crippen LogP) is 3.96. The zero-order valence-corrected chi connectivity index (χ0v) is 16.1. The van der Waals surface area contributed by atoms with Gasteiger partial charge in [-0.25, -0.2) is 12.8 Å². The Morgan fingerprint density at radius 3 is 2.22 bits per heavy atom. The first-order valence-electron chi connectivity index (χ1n) is 8.58. The van der Waals surface area contributed by atoms with E-state index in [9.17, 15) is 17.6 Å². The molecule has 2 aromatic carbocycles. The molecule has 0 bridgehead atoms. The first-order chi connectivity index (χ1) is 12.9. The number of nitrogens with zero attached hydrogens (tertiary/aromatic N) is 1. The van der Waals surface area contributed by atoms with Crippen LogP contribution in [-0.4, -0.2) is 37.6 Å². The summed E-state index contributed by atoms with van der Waals surface area (Å²) in [6.45, 7) is 0.740. The Hall–Kier alpha value is -2.18. The van der Waals surface area contributed by atoms with Crippen molar-refractivity contribution >= 4 is 33.4 Å². The summed E-state index contributed by atoms with van der Waals surface area (Å²) in [7, 11) is -3.52. The number of halogens is 2. The molecular formula is C20H19ClFNO3S. The Bertz CT molecular complexity index is 932. The third-order valence-corrected chi connectivity index (χ3v) is 7.15. The van der Waals surface area contributed by atoms with Crippen LogP contribution in [0.2, 0.25) is 5.02 Å². The third kappa shape index (κ3) is 4.76. The van der Waals surface area contributed by atoms with Crippen LogP contribution in [-0.2, 0) is 14.6 Å². The number of carbonyl (C=O) groups excluding carboxylic acids is 1. The lowest BCUT2D eigenvalue weighted by Crippen LogP contribution is -2.41.